The number of carbonyl (C=O) groups excluding carboxylic acids is 1. The lowest BCUT2D eigenvalue weighted by molar-refractivity contribution is 0.103. The average molecular weight is 290 g/mol. The van der Waals surface area contributed by atoms with Gasteiger partial charge in [-0.25, -0.2) is 4.98 Å². The monoisotopic (exact) mass is 290 g/mol. The Balaban J connectivity index is 2.35. The van der Waals surface area contributed by atoms with Crippen LogP contribution in [0.15, 0.2) is 17.5 Å². The molecule has 1 aromatic heterocycles. The summed E-state index contributed by atoms with van der Waals surface area (Å²) in [7, 11) is 1.63. The molecule has 4 nitrogen and oxygen atoms in total. The Hall–Kier alpha value is -1.72. The maximum absolute atomic E-state index is 12.5. The Labute approximate surface area is 122 Å². The van der Waals surface area contributed by atoms with Crippen LogP contribution >= 0.6 is 11.3 Å². The van der Waals surface area contributed by atoms with Crippen LogP contribution in [0, 0.1) is 13.8 Å². The zero-order valence-corrected chi connectivity index (χ0v) is 12.7. The molecule has 106 valence electrons. The molecule has 0 aliphatic carbocycles. The van der Waals surface area contributed by atoms with Gasteiger partial charge in [-0.15, -0.1) is 11.3 Å². The fourth-order valence-electron chi connectivity index (χ4n) is 2.05. The number of nitrogens with two attached hydrogens (primary N) is 1. The van der Waals surface area contributed by atoms with E-state index in [0.717, 1.165) is 21.9 Å². The first-order valence-electron chi connectivity index (χ1n) is 6.41. The molecule has 0 fully saturated rings. The fraction of sp³-hybridized carbons (Fsp3) is 0.333. The number of carbonyl (C=O) groups is 1. The third-order valence-electron chi connectivity index (χ3n) is 3.13. The summed E-state index contributed by atoms with van der Waals surface area (Å²) in [6.07, 6.45) is 0.707. The number of rotatable bonds is 5. The van der Waals surface area contributed by atoms with E-state index in [9.17, 15) is 4.79 Å². The number of thiazole rings is 1. The van der Waals surface area contributed by atoms with Crippen molar-refractivity contribution in [1.29, 1.82) is 0 Å². The second-order valence-corrected chi connectivity index (χ2v) is 5.57. The number of aryl methyl sites for hydroxylation is 2. The normalized spacial score (nSPS) is 10.6. The van der Waals surface area contributed by atoms with Crippen molar-refractivity contribution in [3.05, 3.63) is 44.9 Å². The summed E-state index contributed by atoms with van der Waals surface area (Å²) in [5.41, 5.74) is 8.50. The highest BCUT2D eigenvalue weighted by atomic mass is 32.1. The minimum atomic E-state index is -0.0484. The molecule has 2 aromatic rings. The molecular weight excluding hydrogens is 272 g/mol. The Morgan fingerprint density at radius 3 is 2.75 bits per heavy atom. The maximum Gasteiger partial charge on any atom is 0.212 e. The highest BCUT2D eigenvalue weighted by molar-refractivity contribution is 7.09. The lowest BCUT2D eigenvalue weighted by Gasteiger charge is -2.09. The van der Waals surface area contributed by atoms with E-state index < -0.39 is 0 Å². The Kier molecular flexibility index (Phi) is 4.52. The van der Waals surface area contributed by atoms with Gasteiger partial charge in [0, 0.05) is 17.4 Å². The minimum Gasteiger partial charge on any atom is -0.496 e. The van der Waals surface area contributed by atoms with E-state index in [1.807, 2.05) is 26.0 Å². The summed E-state index contributed by atoms with van der Waals surface area (Å²) in [4.78, 5) is 16.9. The van der Waals surface area contributed by atoms with Crippen molar-refractivity contribution in [2.24, 2.45) is 5.73 Å². The smallest absolute Gasteiger partial charge is 0.212 e. The third-order valence-corrected chi connectivity index (χ3v) is 4.04. The van der Waals surface area contributed by atoms with E-state index in [0.29, 0.717) is 24.2 Å². The summed E-state index contributed by atoms with van der Waals surface area (Å²) in [6.45, 7) is 4.38. The van der Waals surface area contributed by atoms with Gasteiger partial charge in [-0.05, 0) is 43.7 Å². The summed E-state index contributed by atoms with van der Waals surface area (Å²) in [5, 5.41) is 2.70. The molecule has 0 bridgehead atoms. The summed E-state index contributed by atoms with van der Waals surface area (Å²) < 4.78 is 5.26. The molecule has 20 heavy (non-hydrogen) atoms. The van der Waals surface area contributed by atoms with E-state index in [1.165, 1.54) is 11.3 Å². The second kappa shape index (κ2) is 6.15. The molecule has 2 rings (SSSR count). The van der Waals surface area contributed by atoms with Gasteiger partial charge in [-0.1, -0.05) is 0 Å². The van der Waals surface area contributed by atoms with Gasteiger partial charge in [-0.2, -0.15) is 0 Å². The summed E-state index contributed by atoms with van der Waals surface area (Å²) in [5.74, 6) is 0.744. The molecule has 0 amide bonds. The molecule has 0 unspecified atom stereocenters. The number of benzene rings is 1. The Bertz CT molecular complexity index is 635. The van der Waals surface area contributed by atoms with Gasteiger partial charge in [-0.3, -0.25) is 4.79 Å². The SMILES string of the molecule is COc1cc(C)c(C(=O)c2csc(CCN)n2)cc1C. The van der Waals surface area contributed by atoms with Crippen molar-refractivity contribution in [1.82, 2.24) is 4.98 Å². The third kappa shape index (κ3) is 2.89. The van der Waals surface area contributed by atoms with Gasteiger partial charge in [0.1, 0.15) is 11.4 Å². The molecule has 0 saturated carbocycles. The molecule has 0 saturated heterocycles. The highest BCUT2D eigenvalue weighted by Gasteiger charge is 2.17. The van der Waals surface area contributed by atoms with Gasteiger partial charge in [0.2, 0.25) is 5.78 Å². The number of nitrogens with zero attached hydrogens (tertiary/aromatic N) is 1. The molecule has 1 aromatic carbocycles. The number of hydrogen-bond acceptors (Lipinski definition) is 5. The first-order chi connectivity index (χ1) is 9.56. The van der Waals surface area contributed by atoms with Crippen LogP contribution in [0.25, 0.3) is 0 Å². The first kappa shape index (κ1) is 14.7. The largest absolute Gasteiger partial charge is 0.496 e. The van der Waals surface area contributed by atoms with E-state index in [-0.39, 0.29) is 5.78 Å². The molecule has 0 atom stereocenters. The fourth-order valence-corrected chi connectivity index (χ4v) is 2.84. The van der Waals surface area contributed by atoms with Gasteiger partial charge in [0.05, 0.1) is 12.1 Å². The van der Waals surface area contributed by atoms with Crippen molar-refractivity contribution in [3.63, 3.8) is 0 Å². The number of ether oxygens (including phenoxy) is 1. The molecule has 0 radical (unpaired) electrons. The number of methoxy groups -OCH3 is 1. The summed E-state index contributed by atoms with van der Waals surface area (Å²) in [6, 6.07) is 3.74. The van der Waals surface area contributed by atoms with Crippen molar-refractivity contribution < 1.29 is 9.53 Å². The van der Waals surface area contributed by atoms with Crippen LogP contribution in [0.1, 0.15) is 32.2 Å². The topological polar surface area (TPSA) is 65.2 Å². The van der Waals surface area contributed by atoms with Crippen LogP contribution in [-0.2, 0) is 6.42 Å². The van der Waals surface area contributed by atoms with Crippen LogP contribution in [0.5, 0.6) is 5.75 Å². The van der Waals surface area contributed by atoms with Crippen LogP contribution in [0.3, 0.4) is 0 Å². The molecule has 1 heterocycles. The van der Waals surface area contributed by atoms with Crippen molar-refractivity contribution in [3.8, 4) is 5.75 Å². The Morgan fingerprint density at radius 1 is 1.35 bits per heavy atom. The number of aromatic nitrogens is 1. The molecule has 2 N–H and O–H groups in total. The quantitative estimate of drug-likeness (QED) is 0.859. The predicted octanol–water partition coefficient (Wildman–Crippen LogP) is 2.50. The molecule has 0 aliphatic rings. The Morgan fingerprint density at radius 2 is 2.10 bits per heavy atom. The van der Waals surface area contributed by atoms with Gasteiger partial charge >= 0.3 is 0 Å². The molecule has 0 aliphatic heterocycles. The lowest BCUT2D eigenvalue weighted by Crippen LogP contribution is -2.07. The van der Waals surface area contributed by atoms with E-state index in [1.54, 1.807) is 12.5 Å². The standard InChI is InChI=1S/C15H18N2O2S/c1-9-7-13(19-3)10(2)6-11(9)15(18)12-8-20-14(17-12)4-5-16/h6-8H,4-5,16H2,1-3H3. The first-order valence-corrected chi connectivity index (χ1v) is 7.29. The average Bonchev–Trinajstić information content (AvgIpc) is 2.89. The van der Waals surface area contributed by atoms with Gasteiger partial charge < -0.3 is 10.5 Å². The molecule has 0 spiro atoms. The lowest BCUT2D eigenvalue weighted by atomic mass is 10.00. The molecule has 5 heteroatoms. The molecular formula is C15H18N2O2S. The maximum atomic E-state index is 12.5. The zero-order chi connectivity index (χ0) is 14.7. The van der Waals surface area contributed by atoms with Crippen molar-refractivity contribution >= 4 is 17.1 Å². The van der Waals surface area contributed by atoms with Crippen molar-refractivity contribution in [2.75, 3.05) is 13.7 Å². The zero-order valence-electron chi connectivity index (χ0n) is 11.9. The van der Waals surface area contributed by atoms with Crippen LogP contribution in [0.4, 0.5) is 0 Å². The van der Waals surface area contributed by atoms with Gasteiger partial charge in [0.15, 0.2) is 0 Å². The van der Waals surface area contributed by atoms with Crippen LogP contribution < -0.4 is 10.5 Å². The van der Waals surface area contributed by atoms with E-state index in [4.69, 9.17) is 10.5 Å². The highest BCUT2D eigenvalue weighted by Crippen LogP contribution is 2.24. The summed E-state index contributed by atoms with van der Waals surface area (Å²) >= 11 is 1.48. The van der Waals surface area contributed by atoms with Gasteiger partial charge in [0.25, 0.3) is 0 Å². The predicted molar refractivity (Wildman–Crippen MR) is 80.8 cm³/mol. The second-order valence-electron chi connectivity index (χ2n) is 4.63. The van der Waals surface area contributed by atoms with E-state index in [2.05, 4.69) is 4.98 Å². The minimum absolute atomic E-state index is 0.0484. The number of ketones is 1. The van der Waals surface area contributed by atoms with Crippen molar-refractivity contribution in [2.45, 2.75) is 20.3 Å². The van der Waals surface area contributed by atoms with Crippen LogP contribution in [-0.4, -0.2) is 24.4 Å². The number of hydrogen-bond donors (Lipinski definition) is 1. The van der Waals surface area contributed by atoms with Crippen LogP contribution in [0.2, 0.25) is 0 Å². The van der Waals surface area contributed by atoms with E-state index >= 15 is 0 Å².